The van der Waals surface area contributed by atoms with Gasteiger partial charge in [0.15, 0.2) is 0 Å². The number of nitrogens with zero attached hydrogens (tertiary/aromatic N) is 6. The minimum atomic E-state index is -4.27. The molecule has 5 aliphatic heterocycles. The van der Waals surface area contributed by atoms with Crippen LogP contribution in [0.3, 0.4) is 0 Å². The van der Waals surface area contributed by atoms with Crippen LogP contribution >= 0.6 is 22.6 Å². The average Bonchev–Trinajstić information content (AvgIpc) is 4.18. The van der Waals surface area contributed by atoms with Gasteiger partial charge in [-0.3, -0.25) is 0 Å². The highest BCUT2D eigenvalue weighted by atomic mass is 127. The molecule has 2 aromatic heterocycles. The third-order valence-electron chi connectivity index (χ3n) is 14.9. The lowest BCUT2D eigenvalue weighted by molar-refractivity contribution is -0.127. The van der Waals surface area contributed by atoms with Crippen LogP contribution in [0.2, 0.25) is 0 Å². The maximum atomic E-state index is 12.8. The number of carbonyl (C=O) groups is 2. The molecule has 3 fully saturated rings. The molecule has 2 aromatic carbocycles. The maximum Gasteiger partial charge on any atom is 0.495 e. The number of pyridine rings is 2. The van der Waals surface area contributed by atoms with Gasteiger partial charge >= 0.3 is 25.4 Å². The first-order valence-electron chi connectivity index (χ1n) is 27.6. The molecule has 81 heavy (non-hydrogen) atoms. The predicted octanol–water partition coefficient (Wildman–Crippen LogP) is 9.21. The third kappa shape index (κ3) is 17.7. The Bertz CT molecular complexity index is 2850. The summed E-state index contributed by atoms with van der Waals surface area (Å²) in [7, 11) is -0.566. The van der Waals surface area contributed by atoms with E-state index in [2.05, 4.69) is 90.7 Å². The van der Waals surface area contributed by atoms with Gasteiger partial charge in [0, 0.05) is 79.4 Å². The van der Waals surface area contributed by atoms with Crippen LogP contribution < -0.4 is 36.5 Å². The van der Waals surface area contributed by atoms with Crippen molar-refractivity contribution in [1.82, 2.24) is 19.8 Å². The quantitative estimate of drug-likeness (QED) is 0.0397. The molecule has 7 heterocycles. The molecule has 23 heteroatoms. The van der Waals surface area contributed by atoms with E-state index in [1.165, 1.54) is 16.5 Å². The Morgan fingerprint density at radius 1 is 0.704 bits per heavy atom. The Morgan fingerprint density at radius 3 is 1.69 bits per heavy atom. The fraction of sp³-hybridized carbons (Fsp3) is 0.517. The van der Waals surface area contributed by atoms with E-state index in [0.717, 1.165) is 100 Å². The predicted molar refractivity (Wildman–Crippen MR) is 323 cm³/mol. The van der Waals surface area contributed by atoms with Gasteiger partial charge in [-0.2, -0.15) is 13.2 Å². The van der Waals surface area contributed by atoms with Gasteiger partial charge in [-0.05, 0) is 161 Å². The first-order valence-corrected chi connectivity index (χ1v) is 28.7. The Kier molecular flexibility index (Phi) is 21.8. The number of aromatic nitrogens is 2. The van der Waals surface area contributed by atoms with Gasteiger partial charge in [-0.1, -0.05) is 42.3 Å². The van der Waals surface area contributed by atoms with Crippen LogP contribution in [0.5, 0.6) is 0 Å². The maximum absolute atomic E-state index is 12.8. The normalized spacial score (nSPS) is 18.4. The summed E-state index contributed by atoms with van der Waals surface area (Å²) in [6.45, 7) is 25.6. The Hall–Kier alpha value is -5.70. The van der Waals surface area contributed by atoms with Gasteiger partial charge in [0.2, 0.25) is 0 Å². The van der Waals surface area contributed by atoms with E-state index in [0.29, 0.717) is 37.8 Å². The van der Waals surface area contributed by atoms with E-state index in [-0.39, 0.29) is 50.0 Å². The minimum absolute atomic E-state index is 0.00763. The van der Waals surface area contributed by atoms with Gasteiger partial charge in [0.1, 0.15) is 23.3 Å². The smallest absolute Gasteiger partial charge is 0.399 e. The highest BCUT2D eigenvalue weighted by Crippen LogP contribution is 2.37. The number of nitrogens with one attached hydrogen (secondary N) is 4. The number of benzene rings is 2. The lowest BCUT2D eigenvalue weighted by Gasteiger charge is -2.32. The number of aryl methyl sites for hydroxylation is 2. The van der Waals surface area contributed by atoms with Crippen molar-refractivity contribution >= 4 is 81.9 Å². The largest absolute Gasteiger partial charge is 0.495 e. The summed E-state index contributed by atoms with van der Waals surface area (Å²) in [4.78, 5) is 42.3. The van der Waals surface area contributed by atoms with Gasteiger partial charge in [0.25, 0.3) is 0 Å². The van der Waals surface area contributed by atoms with E-state index in [4.69, 9.17) is 28.9 Å². The van der Waals surface area contributed by atoms with Gasteiger partial charge < -0.3 is 69.9 Å². The molecule has 0 aliphatic carbocycles. The van der Waals surface area contributed by atoms with Crippen molar-refractivity contribution < 1.29 is 51.8 Å². The highest BCUT2D eigenvalue weighted by Gasteiger charge is 2.52. The van der Waals surface area contributed by atoms with Crippen molar-refractivity contribution in [3.05, 3.63) is 98.7 Å². The molecule has 0 radical (unpaired) electrons. The number of carbonyl (C=O) groups excluding carboxylic acids is 2. The number of hydrogen-bond acceptors (Lipinski definition) is 14. The molecule has 18 nitrogen and oxygen atoms in total. The lowest BCUT2D eigenvalue weighted by atomic mass is 9.76. The van der Waals surface area contributed by atoms with E-state index in [9.17, 15) is 27.9 Å². The molecule has 9 rings (SSSR count). The van der Waals surface area contributed by atoms with E-state index in [1.54, 1.807) is 12.1 Å². The summed E-state index contributed by atoms with van der Waals surface area (Å²) in [5, 5.41) is 30.9. The SMILES string of the molecule is CCC1=CCN(C(=O)Nc2ccc(C)c(-c3cc(N[C@H](C)CO)nc(N4CCOCC4)c3)c2)C1.C[C@H](CO)Nc1cc(I)cc(N2CCOCC2)n1.Cc1ccc(NC(=O)N2CC=C(CC(F)(F)F)C2)cc1B1OC(C)(C)C(C)(C)O1. The van der Waals surface area contributed by atoms with Crippen LogP contribution in [0.25, 0.3) is 11.1 Å². The van der Waals surface area contributed by atoms with E-state index >= 15 is 0 Å². The molecule has 2 atom stereocenters. The molecular formula is C58H79BF3IN10O8. The zero-order valence-electron chi connectivity index (χ0n) is 48.0. The summed E-state index contributed by atoms with van der Waals surface area (Å²) in [5.41, 5.74) is 6.73. The first kappa shape index (κ1) is 62.9. The molecule has 0 saturated carbocycles. The average molecular weight is 1240 g/mol. The molecule has 5 aliphatic rings. The molecule has 0 spiro atoms. The molecule has 6 N–H and O–H groups in total. The lowest BCUT2D eigenvalue weighted by Crippen LogP contribution is -2.41. The molecule has 4 aromatic rings. The van der Waals surface area contributed by atoms with Crippen LogP contribution in [0, 0.1) is 17.4 Å². The molecule has 440 valence electrons. The minimum Gasteiger partial charge on any atom is -0.399 e. The van der Waals surface area contributed by atoms with Crippen molar-refractivity contribution in [2.45, 2.75) is 105 Å². The summed E-state index contributed by atoms with van der Waals surface area (Å²) in [5.74, 6) is 3.37. The monoisotopic (exact) mass is 1240 g/mol. The van der Waals surface area contributed by atoms with E-state index < -0.39 is 36.9 Å². The zero-order valence-corrected chi connectivity index (χ0v) is 50.2. The summed E-state index contributed by atoms with van der Waals surface area (Å²) < 4.78 is 61.8. The van der Waals surface area contributed by atoms with E-state index in [1.807, 2.05) is 89.8 Å². The second-order valence-corrected chi connectivity index (χ2v) is 23.2. The summed E-state index contributed by atoms with van der Waals surface area (Å²) in [6.07, 6.45) is -0.706. The zero-order chi connectivity index (χ0) is 58.6. The van der Waals surface area contributed by atoms with Gasteiger partial charge in [-0.25, -0.2) is 19.6 Å². The van der Waals surface area contributed by atoms with Crippen molar-refractivity contribution in [2.24, 2.45) is 0 Å². The van der Waals surface area contributed by atoms with Gasteiger partial charge in [0.05, 0.1) is 57.3 Å². The number of alkyl halides is 3. The van der Waals surface area contributed by atoms with Crippen LogP contribution in [-0.4, -0.2) is 171 Å². The molecule has 3 saturated heterocycles. The number of aliphatic hydroxyl groups excluding tert-OH is 2. The fourth-order valence-electron chi connectivity index (χ4n) is 9.34. The third-order valence-corrected chi connectivity index (χ3v) is 15.5. The number of anilines is 6. The van der Waals surface area contributed by atoms with Crippen molar-refractivity contribution in [2.75, 3.05) is 123 Å². The van der Waals surface area contributed by atoms with Gasteiger partial charge in [-0.15, -0.1) is 0 Å². The highest BCUT2D eigenvalue weighted by molar-refractivity contribution is 14.1. The van der Waals surface area contributed by atoms with Crippen LogP contribution in [-0.2, 0) is 18.8 Å². The van der Waals surface area contributed by atoms with Crippen molar-refractivity contribution in [3.63, 3.8) is 0 Å². The molecular weight excluding hydrogens is 1160 g/mol. The Morgan fingerprint density at radius 2 is 1.19 bits per heavy atom. The standard InChI is InChI=1S/C26H35N5O3.C20H26BF3N2O3.C12H18IN3O2/c1-4-20-7-8-31(16-20)26(33)28-22-6-5-18(2)23(15-22)21-13-24(27-19(3)17-32)29-25(14-21)30-9-11-34-12-10-30;1-13-6-7-15(10-16(13)21-28-18(2,3)19(4,5)29-21)25-17(27)26-9-8-14(12-26)11-20(22,23)24;1-9(8-17)14-11-6-10(13)7-12(15-11)16-2-4-18-5-3-16/h5-7,13-15,19,32H,4,8-12,16-17H2,1-3H3,(H,27,29)(H,28,33);6-8,10H,9,11-12H2,1-5H3,(H,25,27);6-7,9,17H,2-5,8H2,1H3,(H,14,15)/t19-;;9-/m1.1/s1. The molecule has 0 unspecified atom stereocenters. The van der Waals surface area contributed by atoms with Crippen LogP contribution in [0.15, 0.2) is 84.0 Å². The number of ether oxygens (including phenoxy) is 2. The fourth-order valence-corrected chi connectivity index (χ4v) is 9.92. The number of urea groups is 2. The number of amides is 4. The molecule has 4 amide bonds. The first-order chi connectivity index (χ1) is 38.4. The van der Waals surface area contributed by atoms with Crippen molar-refractivity contribution in [1.29, 1.82) is 0 Å². The summed E-state index contributed by atoms with van der Waals surface area (Å²) >= 11 is 2.29. The number of rotatable bonds is 14. The second kappa shape index (κ2) is 28.1. The number of hydrogen-bond donors (Lipinski definition) is 6. The number of halogens is 4. The second-order valence-electron chi connectivity index (χ2n) is 22.0. The topological polar surface area (TPSA) is 198 Å². The van der Waals surface area contributed by atoms with Crippen LogP contribution in [0.4, 0.5) is 57.4 Å². The Balaban J connectivity index is 0.000000183. The van der Waals surface area contributed by atoms with Crippen LogP contribution in [0.1, 0.15) is 72.4 Å². The molecule has 0 bridgehead atoms. The summed E-state index contributed by atoms with van der Waals surface area (Å²) in [6, 6.07) is 18.9. The number of morpholine rings is 2. The Labute approximate surface area is 488 Å². The number of aliphatic hydroxyl groups is 2. The van der Waals surface area contributed by atoms with Crippen molar-refractivity contribution in [3.8, 4) is 11.1 Å².